The quantitative estimate of drug-likeness (QED) is 0.758. The molecular weight excluding hydrogens is 318 g/mol. The summed E-state index contributed by atoms with van der Waals surface area (Å²) in [5, 5.41) is 2.73. The number of hydrogen-bond acceptors (Lipinski definition) is 5. The van der Waals surface area contributed by atoms with Gasteiger partial charge in [-0.25, -0.2) is 8.42 Å². The number of amides is 1. The van der Waals surface area contributed by atoms with E-state index in [1.54, 1.807) is 12.1 Å². The van der Waals surface area contributed by atoms with Crippen molar-refractivity contribution in [1.82, 2.24) is 5.32 Å². The van der Waals surface area contributed by atoms with E-state index in [9.17, 15) is 18.0 Å². The Kier molecular flexibility index (Phi) is 5.41. The molecule has 0 spiro atoms. The second-order valence-electron chi connectivity index (χ2n) is 5.80. The molecule has 1 aromatic rings. The molecule has 23 heavy (non-hydrogen) atoms. The van der Waals surface area contributed by atoms with Crippen LogP contribution < -0.4 is 5.32 Å². The van der Waals surface area contributed by atoms with Crippen molar-refractivity contribution in [3.8, 4) is 0 Å². The summed E-state index contributed by atoms with van der Waals surface area (Å²) in [6.45, 7) is 3.34. The van der Waals surface area contributed by atoms with Crippen LogP contribution in [-0.4, -0.2) is 38.2 Å². The SMILES string of the molecule is Cc1ccc(S(=O)(=O)CCC(=O)OC(C)C(=O)NC2CC2)cc1. The molecule has 0 aromatic heterocycles. The third-order valence-electron chi connectivity index (χ3n) is 3.56. The Labute approximate surface area is 136 Å². The Morgan fingerprint density at radius 1 is 1.26 bits per heavy atom. The Bertz CT molecular complexity index is 677. The zero-order valence-corrected chi connectivity index (χ0v) is 14.1. The number of nitrogens with one attached hydrogen (secondary N) is 1. The molecule has 1 atom stereocenters. The molecule has 7 heteroatoms. The van der Waals surface area contributed by atoms with E-state index in [4.69, 9.17) is 4.74 Å². The molecule has 1 unspecified atom stereocenters. The number of rotatable bonds is 7. The third kappa shape index (κ3) is 5.35. The largest absolute Gasteiger partial charge is 0.453 e. The fourth-order valence-corrected chi connectivity index (χ4v) is 3.16. The molecule has 0 bridgehead atoms. The smallest absolute Gasteiger partial charge is 0.307 e. The lowest BCUT2D eigenvalue weighted by atomic mass is 10.2. The van der Waals surface area contributed by atoms with E-state index < -0.39 is 21.9 Å². The van der Waals surface area contributed by atoms with E-state index in [2.05, 4.69) is 5.32 Å². The molecule has 1 aromatic carbocycles. The van der Waals surface area contributed by atoms with Gasteiger partial charge in [0, 0.05) is 6.04 Å². The van der Waals surface area contributed by atoms with Crippen molar-refractivity contribution in [1.29, 1.82) is 0 Å². The monoisotopic (exact) mass is 339 g/mol. The van der Waals surface area contributed by atoms with Gasteiger partial charge in [0.05, 0.1) is 17.1 Å². The predicted octanol–water partition coefficient (Wildman–Crippen LogP) is 1.37. The van der Waals surface area contributed by atoms with Gasteiger partial charge in [0.1, 0.15) is 0 Å². The molecule has 1 amide bonds. The topological polar surface area (TPSA) is 89.5 Å². The lowest BCUT2D eigenvalue weighted by Crippen LogP contribution is -2.37. The van der Waals surface area contributed by atoms with Crippen LogP contribution in [0.3, 0.4) is 0 Å². The van der Waals surface area contributed by atoms with Gasteiger partial charge in [-0.15, -0.1) is 0 Å². The summed E-state index contributed by atoms with van der Waals surface area (Å²) in [4.78, 5) is 23.6. The van der Waals surface area contributed by atoms with E-state index >= 15 is 0 Å². The van der Waals surface area contributed by atoms with Crippen molar-refractivity contribution in [2.75, 3.05) is 5.75 Å². The fourth-order valence-electron chi connectivity index (χ4n) is 1.94. The second-order valence-corrected chi connectivity index (χ2v) is 7.91. The van der Waals surface area contributed by atoms with E-state index in [1.807, 2.05) is 6.92 Å². The minimum Gasteiger partial charge on any atom is -0.453 e. The molecule has 0 heterocycles. The number of carbonyl (C=O) groups is 2. The molecule has 1 fully saturated rings. The van der Waals surface area contributed by atoms with Crippen LogP contribution in [0.2, 0.25) is 0 Å². The minimum atomic E-state index is -3.54. The standard InChI is InChI=1S/C16H21NO5S/c1-11-3-7-14(8-4-11)23(20,21)10-9-15(18)22-12(2)16(19)17-13-5-6-13/h3-4,7-8,12-13H,5-6,9-10H2,1-2H3,(H,17,19). The number of sulfone groups is 1. The van der Waals surface area contributed by atoms with Crippen LogP contribution in [0.1, 0.15) is 31.7 Å². The number of carbonyl (C=O) groups excluding carboxylic acids is 2. The van der Waals surface area contributed by atoms with Gasteiger partial charge in [0.25, 0.3) is 5.91 Å². The zero-order chi connectivity index (χ0) is 17.0. The van der Waals surface area contributed by atoms with E-state index in [1.165, 1.54) is 19.1 Å². The summed E-state index contributed by atoms with van der Waals surface area (Å²) in [7, 11) is -3.54. The summed E-state index contributed by atoms with van der Waals surface area (Å²) in [5.41, 5.74) is 0.957. The van der Waals surface area contributed by atoms with Crippen LogP contribution in [0.15, 0.2) is 29.2 Å². The Hall–Kier alpha value is -1.89. The van der Waals surface area contributed by atoms with Crippen molar-refractivity contribution in [3.63, 3.8) is 0 Å². The van der Waals surface area contributed by atoms with Crippen LogP contribution in [0.4, 0.5) is 0 Å². The van der Waals surface area contributed by atoms with Crippen LogP contribution in [0, 0.1) is 6.92 Å². The van der Waals surface area contributed by atoms with Crippen LogP contribution in [0.5, 0.6) is 0 Å². The highest BCUT2D eigenvalue weighted by Crippen LogP contribution is 2.19. The molecule has 6 nitrogen and oxygen atoms in total. The summed E-state index contributed by atoms with van der Waals surface area (Å²) in [6.07, 6.45) is 0.699. The Morgan fingerprint density at radius 3 is 2.43 bits per heavy atom. The molecule has 2 rings (SSSR count). The third-order valence-corrected chi connectivity index (χ3v) is 5.29. The van der Waals surface area contributed by atoms with Gasteiger partial charge in [-0.1, -0.05) is 17.7 Å². The first-order valence-electron chi connectivity index (χ1n) is 7.57. The molecular formula is C16H21NO5S. The van der Waals surface area contributed by atoms with Gasteiger partial charge in [-0.05, 0) is 38.8 Å². The molecule has 1 aliphatic carbocycles. The van der Waals surface area contributed by atoms with E-state index in [-0.39, 0.29) is 29.0 Å². The molecule has 1 aliphatic rings. The molecule has 1 saturated carbocycles. The van der Waals surface area contributed by atoms with Gasteiger partial charge >= 0.3 is 5.97 Å². The average molecular weight is 339 g/mol. The molecule has 0 saturated heterocycles. The highest BCUT2D eigenvalue weighted by atomic mass is 32.2. The first kappa shape index (κ1) is 17.5. The van der Waals surface area contributed by atoms with Gasteiger partial charge in [-0.3, -0.25) is 9.59 Å². The molecule has 126 valence electrons. The first-order chi connectivity index (χ1) is 10.8. The predicted molar refractivity (Wildman–Crippen MR) is 84.6 cm³/mol. The van der Waals surface area contributed by atoms with E-state index in [0.717, 1.165) is 18.4 Å². The molecule has 0 radical (unpaired) electrons. The maximum Gasteiger partial charge on any atom is 0.307 e. The number of benzene rings is 1. The maximum atomic E-state index is 12.1. The lowest BCUT2D eigenvalue weighted by molar-refractivity contribution is -0.154. The van der Waals surface area contributed by atoms with E-state index in [0.29, 0.717) is 0 Å². The highest BCUT2D eigenvalue weighted by Gasteiger charge is 2.27. The molecule has 1 N–H and O–H groups in total. The Morgan fingerprint density at radius 2 is 1.87 bits per heavy atom. The van der Waals surface area contributed by atoms with Crippen molar-refractivity contribution in [2.24, 2.45) is 0 Å². The van der Waals surface area contributed by atoms with Gasteiger partial charge in [0.2, 0.25) is 0 Å². The highest BCUT2D eigenvalue weighted by molar-refractivity contribution is 7.91. The van der Waals surface area contributed by atoms with Crippen LogP contribution >= 0.6 is 0 Å². The number of aryl methyl sites for hydroxylation is 1. The summed E-state index contributed by atoms with van der Waals surface area (Å²) in [5.74, 6) is -1.38. The van der Waals surface area contributed by atoms with Crippen molar-refractivity contribution in [2.45, 2.75) is 50.2 Å². The average Bonchev–Trinajstić information content (AvgIpc) is 3.29. The summed E-state index contributed by atoms with van der Waals surface area (Å²) in [6, 6.07) is 6.62. The zero-order valence-electron chi connectivity index (χ0n) is 13.2. The second kappa shape index (κ2) is 7.12. The normalized spacial score (nSPS) is 15.7. The van der Waals surface area contributed by atoms with Crippen molar-refractivity contribution < 1.29 is 22.7 Å². The summed E-state index contributed by atoms with van der Waals surface area (Å²) >= 11 is 0. The number of ether oxygens (including phenoxy) is 1. The van der Waals surface area contributed by atoms with Crippen LogP contribution in [0.25, 0.3) is 0 Å². The molecule has 0 aliphatic heterocycles. The summed E-state index contributed by atoms with van der Waals surface area (Å²) < 4.78 is 29.2. The number of hydrogen-bond donors (Lipinski definition) is 1. The van der Waals surface area contributed by atoms with Gasteiger partial charge < -0.3 is 10.1 Å². The Balaban J connectivity index is 1.82. The van der Waals surface area contributed by atoms with Gasteiger partial charge in [-0.2, -0.15) is 0 Å². The minimum absolute atomic E-state index is 0.176. The van der Waals surface area contributed by atoms with Gasteiger partial charge in [0.15, 0.2) is 15.9 Å². The number of esters is 1. The maximum absolute atomic E-state index is 12.1. The van der Waals surface area contributed by atoms with Crippen LogP contribution in [-0.2, 0) is 24.2 Å². The first-order valence-corrected chi connectivity index (χ1v) is 9.22. The van der Waals surface area contributed by atoms with Crippen molar-refractivity contribution in [3.05, 3.63) is 29.8 Å². The fraction of sp³-hybridized carbons (Fsp3) is 0.500. The van der Waals surface area contributed by atoms with Crippen molar-refractivity contribution >= 4 is 21.7 Å². The lowest BCUT2D eigenvalue weighted by Gasteiger charge is -2.13.